The van der Waals surface area contributed by atoms with Crippen molar-refractivity contribution in [2.45, 2.75) is 13.3 Å². The fourth-order valence-electron chi connectivity index (χ4n) is 1.18. The van der Waals surface area contributed by atoms with Crippen molar-refractivity contribution >= 4 is 22.4 Å². The first-order valence-electron chi connectivity index (χ1n) is 6.20. The quantitative estimate of drug-likeness (QED) is 0.618. The predicted molar refractivity (Wildman–Crippen MR) is 73.7 cm³/mol. The van der Waals surface area contributed by atoms with Gasteiger partial charge in [0, 0.05) is 20.2 Å². The molecule has 0 bridgehead atoms. The van der Waals surface area contributed by atoms with E-state index in [-0.39, 0.29) is 5.91 Å². The van der Waals surface area contributed by atoms with Crippen LogP contribution in [0.2, 0.25) is 0 Å². The molecule has 0 unspecified atom stereocenters. The van der Waals surface area contributed by atoms with Crippen LogP contribution in [0, 0.1) is 0 Å². The average Bonchev–Trinajstić information content (AvgIpc) is 2.89. The highest BCUT2D eigenvalue weighted by molar-refractivity contribution is 7.17. The van der Waals surface area contributed by atoms with Crippen LogP contribution in [0.15, 0.2) is 0 Å². The zero-order chi connectivity index (χ0) is 13.9. The molecule has 1 rings (SSSR count). The molecule has 0 spiro atoms. The summed E-state index contributed by atoms with van der Waals surface area (Å²) in [7, 11) is 1.62. The average molecular weight is 288 g/mol. The topological polar surface area (TPSA) is 85.4 Å². The SMILES string of the molecule is CCCNc1nnc(C(=O)NCCOCCOC)s1. The van der Waals surface area contributed by atoms with Crippen LogP contribution in [0.4, 0.5) is 5.13 Å². The number of methoxy groups -OCH3 is 1. The maximum atomic E-state index is 11.7. The van der Waals surface area contributed by atoms with E-state index in [0.717, 1.165) is 13.0 Å². The van der Waals surface area contributed by atoms with Gasteiger partial charge in [-0.1, -0.05) is 18.3 Å². The fourth-order valence-corrected chi connectivity index (χ4v) is 1.86. The number of nitrogens with zero attached hydrogens (tertiary/aromatic N) is 2. The summed E-state index contributed by atoms with van der Waals surface area (Å²) < 4.78 is 10.1. The van der Waals surface area contributed by atoms with Gasteiger partial charge in [0.25, 0.3) is 5.91 Å². The number of ether oxygens (including phenoxy) is 2. The molecule has 2 N–H and O–H groups in total. The number of rotatable bonds is 10. The fraction of sp³-hybridized carbons (Fsp3) is 0.727. The number of aromatic nitrogens is 2. The monoisotopic (exact) mass is 288 g/mol. The number of anilines is 1. The minimum absolute atomic E-state index is 0.225. The summed E-state index contributed by atoms with van der Waals surface area (Å²) in [6.07, 6.45) is 1.000. The van der Waals surface area contributed by atoms with E-state index in [1.54, 1.807) is 7.11 Å². The Morgan fingerprint density at radius 2 is 2.11 bits per heavy atom. The lowest BCUT2D eigenvalue weighted by Crippen LogP contribution is -2.27. The van der Waals surface area contributed by atoms with Crippen molar-refractivity contribution in [3.05, 3.63) is 5.01 Å². The van der Waals surface area contributed by atoms with Crippen molar-refractivity contribution in [2.75, 3.05) is 45.3 Å². The summed E-state index contributed by atoms with van der Waals surface area (Å²) >= 11 is 1.25. The van der Waals surface area contributed by atoms with Gasteiger partial charge in [-0.3, -0.25) is 4.79 Å². The molecule has 1 amide bonds. The molecule has 1 aromatic heterocycles. The lowest BCUT2D eigenvalue weighted by Gasteiger charge is -2.04. The number of amides is 1. The van der Waals surface area contributed by atoms with Crippen LogP contribution in [-0.4, -0.2) is 56.1 Å². The Labute approximate surface area is 116 Å². The van der Waals surface area contributed by atoms with Gasteiger partial charge in [-0.25, -0.2) is 0 Å². The molecule has 8 heteroatoms. The lowest BCUT2D eigenvalue weighted by atomic mass is 10.5. The van der Waals surface area contributed by atoms with Gasteiger partial charge in [-0.05, 0) is 6.42 Å². The Hall–Kier alpha value is -1.25. The van der Waals surface area contributed by atoms with Gasteiger partial charge in [-0.2, -0.15) is 0 Å². The third kappa shape index (κ3) is 6.46. The van der Waals surface area contributed by atoms with Crippen LogP contribution in [-0.2, 0) is 9.47 Å². The van der Waals surface area contributed by atoms with E-state index < -0.39 is 0 Å². The second-order valence-electron chi connectivity index (χ2n) is 3.70. The summed E-state index contributed by atoms with van der Waals surface area (Å²) in [6.45, 7) is 4.86. The summed E-state index contributed by atoms with van der Waals surface area (Å²) in [5.41, 5.74) is 0. The van der Waals surface area contributed by atoms with Crippen molar-refractivity contribution < 1.29 is 14.3 Å². The molecule has 0 aliphatic rings. The maximum absolute atomic E-state index is 11.7. The molecule has 0 aliphatic heterocycles. The van der Waals surface area contributed by atoms with E-state index in [4.69, 9.17) is 9.47 Å². The third-order valence-corrected chi connectivity index (χ3v) is 2.99. The first-order chi connectivity index (χ1) is 9.27. The van der Waals surface area contributed by atoms with E-state index in [0.29, 0.717) is 36.5 Å². The molecule has 108 valence electrons. The highest BCUT2D eigenvalue weighted by Gasteiger charge is 2.11. The molecule has 0 aromatic carbocycles. The molecule has 1 heterocycles. The third-order valence-electron chi connectivity index (χ3n) is 2.11. The van der Waals surface area contributed by atoms with E-state index in [2.05, 4.69) is 27.8 Å². The van der Waals surface area contributed by atoms with E-state index >= 15 is 0 Å². The van der Waals surface area contributed by atoms with Gasteiger partial charge in [0.05, 0.1) is 19.8 Å². The van der Waals surface area contributed by atoms with Crippen molar-refractivity contribution in [3.63, 3.8) is 0 Å². The Bertz CT molecular complexity index is 373. The lowest BCUT2D eigenvalue weighted by molar-refractivity contribution is 0.0692. The maximum Gasteiger partial charge on any atom is 0.282 e. The first-order valence-corrected chi connectivity index (χ1v) is 7.01. The molecule has 0 saturated carbocycles. The largest absolute Gasteiger partial charge is 0.382 e. The van der Waals surface area contributed by atoms with Crippen LogP contribution in [0.3, 0.4) is 0 Å². The number of nitrogens with one attached hydrogen (secondary N) is 2. The summed E-state index contributed by atoms with van der Waals surface area (Å²) in [5, 5.41) is 14.6. The molecular weight excluding hydrogens is 268 g/mol. The molecule has 0 aliphatic carbocycles. The number of carbonyl (C=O) groups excluding carboxylic acids is 1. The molecule has 1 aromatic rings. The van der Waals surface area contributed by atoms with Crippen molar-refractivity contribution in [2.24, 2.45) is 0 Å². The van der Waals surface area contributed by atoms with Crippen molar-refractivity contribution in [1.82, 2.24) is 15.5 Å². The number of carbonyl (C=O) groups is 1. The molecule has 0 saturated heterocycles. The summed E-state index contributed by atoms with van der Waals surface area (Å²) in [6, 6.07) is 0. The first kappa shape index (κ1) is 15.8. The van der Waals surface area contributed by atoms with Crippen LogP contribution in [0.25, 0.3) is 0 Å². The van der Waals surface area contributed by atoms with Crippen LogP contribution < -0.4 is 10.6 Å². The zero-order valence-electron chi connectivity index (χ0n) is 11.3. The minimum Gasteiger partial charge on any atom is -0.382 e. The number of hydrogen-bond donors (Lipinski definition) is 2. The van der Waals surface area contributed by atoms with Gasteiger partial charge in [0.1, 0.15) is 0 Å². The van der Waals surface area contributed by atoms with E-state index in [1.807, 2.05) is 0 Å². The van der Waals surface area contributed by atoms with Crippen LogP contribution in [0.5, 0.6) is 0 Å². The van der Waals surface area contributed by atoms with Crippen molar-refractivity contribution in [1.29, 1.82) is 0 Å². The van der Waals surface area contributed by atoms with Gasteiger partial charge in [0.15, 0.2) is 0 Å². The zero-order valence-corrected chi connectivity index (χ0v) is 12.1. The Morgan fingerprint density at radius 3 is 2.84 bits per heavy atom. The molecular formula is C11H20N4O3S. The normalized spacial score (nSPS) is 10.4. The molecule has 19 heavy (non-hydrogen) atoms. The van der Waals surface area contributed by atoms with E-state index in [9.17, 15) is 4.79 Å². The summed E-state index contributed by atoms with van der Waals surface area (Å²) in [4.78, 5) is 11.7. The second-order valence-corrected chi connectivity index (χ2v) is 4.68. The molecule has 7 nitrogen and oxygen atoms in total. The van der Waals surface area contributed by atoms with Gasteiger partial charge in [0.2, 0.25) is 10.1 Å². The highest BCUT2D eigenvalue weighted by Crippen LogP contribution is 2.14. The predicted octanol–water partition coefficient (Wildman–Crippen LogP) is 0.753. The standard InChI is InChI=1S/C11H20N4O3S/c1-3-4-13-11-15-14-10(19-11)9(16)12-5-6-18-8-7-17-2/h3-8H2,1-2H3,(H,12,16)(H,13,15). The summed E-state index contributed by atoms with van der Waals surface area (Å²) in [5.74, 6) is -0.225. The molecule has 0 radical (unpaired) electrons. The van der Waals surface area contributed by atoms with Crippen LogP contribution >= 0.6 is 11.3 Å². The minimum atomic E-state index is -0.225. The number of hydrogen-bond acceptors (Lipinski definition) is 7. The van der Waals surface area contributed by atoms with Gasteiger partial charge in [-0.15, -0.1) is 10.2 Å². The van der Waals surface area contributed by atoms with Gasteiger partial charge >= 0.3 is 0 Å². The van der Waals surface area contributed by atoms with Gasteiger partial charge < -0.3 is 20.1 Å². The molecule has 0 fully saturated rings. The smallest absolute Gasteiger partial charge is 0.282 e. The highest BCUT2D eigenvalue weighted by atomic mass is 32.1. The second kappa shape index (κ2) is 9.65. The Morgan fingerprint density at radius 1 is 1.26 bits per heavy atom. The Kier molecular flexibility index (Phi) is 8.03. The van der Waals surface area contributed by atoms with Crippen LogP contribution in [0.1, 0.15) is 23.1 Å². The van der Waals surface area contributed by atoms with E-state index in [1.165, 1.54) is 11.3 Å². The molecule has 0 atom stereocenters. The Balaban J connectivity index is 2.20. The van der Waals surface area contributed by atoms with Crippen molar-refractivity contribution in [3.8, 4) is 0 Å².